The summed E-state index contributed by atoms with van der Waals surface area (Å²) in [4.78, 5) is 14.3. The second-order valence-electron chi connectivity index (χ2n) is 6.10. The van der Waals surface area contributed by atoms with Crippen LogP contribution in [0.25, 0.3) is 16.5 Å². The highest BCUT2D eigenvalue weighted by Crippen LogP contribution is 2.34. The fourth-order valence-electron chi connectivity index (χ4n) is 2.98. The summed E-state index contributed by atoms with van der Waals surface area (Å²) < 4.78 is 16.6. The summed E-state index contributed by atoms with van der Waals surface area (Å²) in [6.45, 7) is 8.40. The second-order valence-corrected chi connectivity index (χ2v) is 6.10. The Hall–Kier alpha value is -2.27. The van der Waals surface area contributed by atoms with Crippen molar-refractivity contribution in [1.29, 1.82) is 0 Å². The van der Waals surface area contributed by atoms with E-state index in [2.05, 4.69) is 0 Å². The molecule has 1 aliphatic rings. The summed E-state index contributed by atoms with van der Waals surface area (Å²) in [6.07, 6.45) is 1.68. The van der Waals surface area contributed by atoms with Gasteiger partial charge in [0.25, 0.3) is 0 Å². The van der Waals surface area contributed by atoms with Crippen molar-refractivity contribution in [2.75, 3.05) is 33.4 Å². The molecule has 1 amide bonds. The van der Waals surface area contributed by atoms with Crippen molar-refractivity contribution in [2.24, 2.45) is 0 Å². The first kappa shape index (κ1) is 16.6. The molecule has 0 saturated carbocycles. The SMILES string of the molecule is COc1cc2oc(C)c(C)c2cc1/C(C)=C/C(=O)N1CCOCC1. The molecular formula is C19H23NO4. The summed E-state index contributed by atoms with van der Waals surface area (Å²) in [5, 5.41) is 1.05. The van der Waals surface area contributed by atoms with Gasteiger partial charge in [-0.3, -0.25) is 4.79 Å². The predicted molar refractivity (Wildman–Crippen MR) is 93.3 cm³/mol. The maximum atomic E-state index is 12.5. The molecule has 24 heavy (non-hydrogen) atoms. The number of hydrogen-bond acceptors (Lipinski definition) is 4. The van der Waals surface area contributed by atoms with Crippen LogP contribution >= 0.6 is 0 Å². The molecule has 2 aromatic rings. The van der Waals surface area contributed by atoms with E-state index < -0.39 is 0 Å². The Bertz CT molecular complexity index is 797. The minimum absolute atomic E-state index is 0.0121. The van der Waals surface area contributed by atoms with Crippen LogP contribution in [0.2, 0.25) is 0 Å². The minimum atomic E-state index is 0.0121. The van der Waals surface area contributed by atoms with E-state index in [0.717, 1.165) is 33.4 Å². The van der Waals surface area contributed by atoms with Crippen LogP contribution in [0, 0.1) is 13.8 Å². The number of rotatable bonds is 3. The van der Waals surface area contributed by atoms with Gasteiger partial charge >= 0.3 is 0 Å². The van der Waals surface area contributed by atoms with E-state index in [9.17, 15) is 4.79 Å². The Morgan fingerprint density at radius 2 is 1.96 bits per heavy atom. The van der Waals surface area contributed by atoms with Crippen molar-refractivity contribution in [3.05, 3.63) is 35.1 Å². The molecule has 5 nitrogen and oxygen atoms in total. The highest BCUT2D eigenvalue weighted by atomic mass is 16.5. The molecule has 1 fully saturated rings. The summed E-state index contributed by atoms with van der Waals surface area (Å²) in [5.74, 6) is 1.62. The summed E-state index contributed by atoms with van der Waals surface area (Å²) in [6, 6.07) is 3.93. The smallest absolute Gasteiger partial charge is 0.247 e. The maximum absolute atomic E-state index is 12.5. The van der Waals surface area contributed by atoms with E-state index in [0.29, 0.717) is 32.1 Å². The first-order chi connectivity index (χ1) is 11.5. The first-order valence-electron chi connectivity index (χ1n) is 8.14. The number of carbonyl (C=O) groups excluding carboxylic acids is 1. The number of aryl methyl sites for hydroxylation is 2. The molecule has 1 aromatic carbocycles. The van der Waals surface area contributed by atoms with Gasteiger partial charge in [0.2, 0.25) is 5.91 Å². The number of hydrogen-bond donors (Lipinski definition) is 0. The number of methoxy groups -OCH3 is 1. The van der Waals surface area contributed by atoms with Crippen molar-refractivity contribution in [1.82, 2.24) is 4.90 Å². The van der Waals surface area contributed by atoms with Crippen molar-refractivity contribution in [2.45, 2.75) is 20.8 Å². The quantitative estimate of drug-likeness (QED) is 0.811. The Morgan fingerprint density at radius 1 is 1.25 bits per heavy atom. The Kier molecular flexibility index (Phi) is 4.62. The normalized spacial score (nSPS) is 15.8. The van der Waals surface area contributed by atoms with Gasteiger partial charge in [-0.2, -0.15) is 0 Å². The first-order valence-corrected chi connectivity index (χ1v) is 8.14. The molecule has 1 aromatic heterocycles. The van der Waals surface area contributed by atoms with Crippen LogP contribution in [0.5, 0.6) is 5.75 Å². The van der Waals surface area contributed by atoms with E-state index in [4.69, 9.17) is 13.9 Å². The van der Waals surface area contributed by atoms with Crippen LogP contribution in [-0.2, 0) is 9.53 Å². The third-order valence-electron chi connectivity index (χ3n) is 4.58. The monoisotopic (exact) mass is 329 g/mol. The third-order valence-corrected chi connectivity index (χ3v) is 4.58. The molecule has 0 unspecified atom stereocenters. The lowest BCUT2D eigenvalue weighted by Gasteiger charge is -2.26. The lowest BCUT2D eigenvalue weighted by molar-refractivity contribution is -0.129. The zero-order valence-electron chi connectivity index (χ0n) is 14.6. The number of benzene rings is 1. The highest BCUT2D eigenvalue weighted by molar-refractivity contribution is 5.97. The van der Waals surface area contributed by atoms with Gasteiger partial charge in [0.1, 0.15) is 17.1 Å². The van der Waals surface area contributed by atoms with E-state index in [1.165, 1.54) is 0 Å². The van der Waals surface area contributed by atoms with E-state index in [1.807, 2.05) is 37.8 Å². The molecule has 5 heteroatoms. The summed E-state index contributed by atoms with van der Waals surface area (Å²) in [5.41, 5.74) is 3.71. The van der Waals surface area contributed by atoms with Gasteiger partial charge in [-0.15, -0.1) is 0 Å². The van der Waals surface area contributed by atoms with Crippen molar-refractivity contribution in [3.8, 4) is 5.75 Å². The molecule has 2 heterocycles. The summed E-state index contributed by atoms with van der Waals surface area (Å²) in [7, 11) is 1.63. The molecule has 0 atom stereocenters. The molecular weight excluding hydrogens is 306 g/mol. The standard InChI is InChI=1S/C19H23NO4/c1-12(9-19(21)20-5-7-23-8-6-20)15-10-16-13(2)14(3)24-18(16)11-17(15)22-4/h9-11H,5-8H2,1-4H3/b12-9+. The Labute approximate surface area is 141 Å². The number of ether oxygens (including phenoxy) is 2. The molecule has 0 radical (unpaired) electrons. The number of allylic oxidation sites excluding steroid dienone is 1. The van der Waals surface area contributed by atoms with E-state index >= 15 is 0 Å². The van der Waals surface area contributed by atoms with Gasteiger partial charge in [-0.1, -0.05) is 0 Å². The highest BCUT2D eigenvalue weighted by Gasteiger charge is 2.17. The van der Waals surface area contributed by atoms with Gasteiger partial charge in [0.15, 0.2) is 0 Å². The number of fused-ring (bicyclic) bond motifs is 1. The van der Waals surface area contributed by atoms with Crippen LogP contribution in [0.4, 0.5) is 0 Å². The van der Waals surface area contributed by atoms with Gasteiger partial charge < -0.3 is 18.8 Å². The number of amides is 1. The average Bonchev–Trinajstić information content (AvgIpc) is 2.88. The fraction of sp³-hybridized carbons (Fsp3) is 0.421. The van der Waals surface area contributed by atoms with Gasteiger partial charge in [-0.25, -0.2) is 0 Å². The molecule has 1 saturated heterocycles. The Morgan fingerprint density at radius 3 is 2.62 bits per heavy atom. The van der Waals surface area contributed by atoms with Gasteiger partial charge in [0, 0.05) is 36.2 Å². The van der Waals surface area contributed by atoms with Crippen LogP contribution in [0.15, 0.2) is 22.6 Å². The van der Waals surface area contributed by atoms with E-state index in [1.54, 1.807) is 13.2 Å². The largest absolute Gasteiger partial charge is 0.496 e. The molecule has 0 aliphatic carbocycles. The van der Waals surface area contributed by atoms with Crippen molar-refractivity contribution in [3.63, 3.8) is 0 Å². The molecule has 128 valence electrons. The number of furan rings is 1. The molecule has 1 aliphatic heterocycles. The minimum Gasteiger partial charge on any atom is -0.496 e. The zero-order chi connectivity index (χ0) is 17.3. The second kappa shape index (κ2) is 6.69. The lowest BCUT2D eigenvalue weighted by Crippen LogP contribution is -2.39. The van der Waals surface area contributed by atoms with Crippen molar-refractivity contribution >= 4 is 22.4 Å². The van der Waals surface area contributed by atoms with Crippen LogP contribution in [0.3, 0.4) is 0 Å². The predicted octanol–water partition coefficient (Wildman–Crippen LogP) is 3.32. The number of nitrogens with zero attached hydrogens (tertiary/aromatic N) is 1. The molecule has 3 rings (SSSR count). The average molecular weight is 329 g/mol. The fourth-order valence-corrected chi connectivity index (χ4v) is 2.98. The Balaban J connectivity index is 1.98. The van der Waals surface area contributed by atoms with Gasteiger partial charge in [0.05, 0.1) is 20.3 Å². The van der Waals surface area contributed by atoms with Crippen molar-refractivity contribution < 1.29 is 18.7 Å². The van der Waals surface area contributed by atoms with Crippen LogP contribution in [-0.4, -0.2) is 44.2 Å². The zero-order valence-corrected chi connectivity index (χ0v) is 14.6. The van der Waals surface area contributed by atoms with Gasteiger partial charge in [-0.05, 0) is 38.0 Å². The van der Waals surface area contributed by atoms with E-state index in [-0.39, 0.29) is 5.91 Å². The third kappa shape index (κ3) is 3.04. The summed E-state index contributed by atoms with van der Waals surface area (Å²) >= 11 is 0. The number of carbonyl (C=O) groups is 1. The maximum Gasteiger partial charge on any atom is 0.247 e. The van der Waals surface area contributed by atoms with Crippen LogP contribution < -0.4 is 4.74 Å². The molecule has 0 spiro atoms. The topological polar surface area (TPSA) is 51.9 Å². The molecule has 0 N–H and O–H groups in total. The molecule has 0 bridgehead atoms. The lowest BCUT2D eigenvalue weighted by atomic mass is 10.0. The van der Waals surface area contributed by atoms with Crippen LogP contribution in [0.1, 0.15) is 23.8 Å². The number of morpholine rings is 1.